The third kappa shape index (κ3) is 4.20. The van der Waals surface area contributed by atoms with E-state index >= 15 is 0 Å². The Morgan fingerprint density at radius 2 is 2.00 bits per heavy atom. The molecule has 1 rings (SSSR count). The number of aliphatic carboxylic acids is 1. The van der Waals surface area contributed by atoms with Crippen LogP contribution in [-0.4, -0.2) is 47.0 Å². The average Bonchev–Trinajstić information content (AvgIpc) is 2.74. The third-order valence-electron chi connectivity index (χ3n) is 2.83. The van der Waals surface area contributed by atoms with Crippen LogP contribution in [0.15, 0.2) is 0 Å². The normalized spacial score (nSPS) is 19.3. The van der Waals surface area contributed by atoms with E-state index < -0.39 is 29.9 Å². The molecule has 1 unspecified atom stereocenters. The minimum absolute atomic E-state index is 0.0941. The monoisotopic (exact) mass is 272 g/mol. The summed E-state index contributed by atoms with van der Waals surface area (Å²) in [6.45, 7) is 5.31. The lowest BCUT2D eigenvalue weighted by atomic mass is 9.94. The molecule has 0 saturated carbocycles. The Bertz CT molecular complexity index is 375. The van der Waals surface area contributed by atoms with Crippen LogP contribution in [0.2, 0.25) is 0 Å². The Balaban J connectivity index is 2.58. The van der Waals surface area contributed by atoms with Crippen LogP contribution in [0.25, 0.3) is 0 Å². The van der Waals surface area contributed by atoms with Crippen LogP contribution < -0.4 is 5.48 Å². The van der Waals surface area contributed by atoms with E-state index in [2.05, 4.69) is 10.3 Å². The summed E-state index contributed by atoms with van der Waals surface area (Å²) < 4.78 is 0. The van der Waals surface area contributed by atoms with Crippen molar-refractivity contribution in [2.45, 2.75) is 39.7 Å². The fourth-order valence-electron chi connectivity index (χ4n) is 1.95. The van der Waals surface area contributed by atoms with E-state index in [0.717, 1.165) is 6.42 Å². The zero-order chi connectivity index (χ0) is 14.6. The summed E-state index contributed by atoms with van der Waals surface area (Å²) in [5.74, 6) is -1.74. The first kappa shape index (κ1) is 15.4. The molecule has 2 amide bonds. The fraction of sp³-hybridized carbons (Fsp3) is 0.750. The molecule has 1 aliphatic heterocycles. The number of nitrogens with one attached hydrogen (secondary N) is 1. The van der Waals surface area contributed by atoms with Gasteiger partial charge in [-0.25, -0.2) is 10.3 Å². The Kier molecular flexibility index (Phi) is 4.88. The molecule has 0 aromatic heterocycles. The largest absolute Gasteiger partial charge is 0.479 e. The molecule has 0 aliphatic carbocycles. The highest BCUT2D eigenvalue weighted by atomic mass is 16.7. The molecule has 19 heavy (non-hydrogen) atoms. The van der Waals surface area contributed by atoms with E-state index in [0.29, 0.717) is 13.0 Å². The van der Waals surface area contributed by atoms with Crippen LogP contribution in [0.1, 0.15) is 33.6 Å². The zero-order valence-corrected chi connectivity index (χ0v) is 11.4. The topological polar surface area (TPSA) is 95.9 Å². The van der Waals surface area contributed by atoms with Gasteiger partial charge in [-0.15, -0.1) is 0 Å². The maximum Gasteiger partial charge on any atom is 0.332 e. The first-order valence-corrected chi connectivity index (χ1v) is 6.18. The summed E-state index contributed by atoms with van der Waals surface area (Å²) in [4.78, 5) is 40.4. The van der Waals surface area contributed by atoms with Gasteiger partial charge in [-0.1, -0.05) is 20.8 Å². The maximum absolute atomic E-state index is 12.2. The van der Waals surface area contributed by atoms with Crippen LogP contribution in [0.3, 0.4) is 0 Å². The maximum atomic E-state index is 12.2. The number of carboxylic acids is 1. The molecule has 108 valence electrons. The van der Waals surface area contributed by atoms with Crippen LogP contribution >= 0.6 is 0 Å². The van der Waals surface area contributed by atoms with E-state index in [1.54, 1.807) is 20.8 Å². The second kappa shape index (κ2) is 6.01. The van der Waals surface area contributed by atoms with Gasteiger partial charge in [0, 0.05) is 12.0 Å². The van der Waals surface area contributed by atoms with Gasteiger partial charge in [-0.2, -0.15) is 0 Å². The van der Waals surface area contributed by atoms with Gasteiger partial charge < -0.3 is 10.0 Å². The van der Waals surface area contributed by atoms with Crippen molar-refractivity contribution in [3.05, 3.63) is 0 Å². The predicted octanol–water partition coefficient (Wildman–Crippen LogP) is 0.156. The molecule has 0 aromatic rings. The molecule has 1 aliphatic rings. The number of likely N-dealkylation sites (tertiary alicyclic amines) is 1. The van der Waals surface area contributed by atoms with Crippen molar-refractivity contribution in [3.63, 3.8) is 0 Å². The molecule has 1 saturated heterocycles. The van der Waals surface area contributed by atoms with Gasteiger partial charge in [0.15, 0.2) is 6.61 Å². The number of rotatable bonds is 4. The van der Waals surface area contributed by atoms with E-state index in [4.69, 9.17) is 5.11 Å². The summed E-state index contributed by atoms with van der Waals surface area (Å²) in [6.07, 6.45) is 1.31. The third-order valence-corrected chi connectivity index (χ3v) is 2.83. The molecule has 1 atom stereocenters. The minimum Gasteiger partial charge on any atom is -0.479 e. The second-order valence-electron chi connectivity index (χ2n) is 5.56. The second-order valence-corrected chi connectivity index (χ2v) is 5.56. The Morgan fingerprint density at radius 3 is 2.53 bits per heavy atom. The van der Waals surface area contributed by atoms with E-state index in [1.807, 2.05) is 0 Å². The zero-order valence-electron chi connectivity index (χ0n) is 11.4. The van der Waals surface area contributed by atoms with Gasteiger partial charge in [0.2, 0.25) is 5.91 Å². The lowest BCUT2D eigenvalue weighted by Gasteiger charge is -2.29. The van der Waals surface area contributed by atoms with E-state index in [1.165, 1.54) is 4.90 Å². The minimum atomic E-state index is -1.17. The van der Waals surface area contributed by atoms with E-state index in [9.17, 15) is 14.4 Å². The number of carboxylic acid groups (broad SMARTS) is 1. The molecular formula is C12H20N2O5. The molecule has 0 bridgehead atoms. The summed E-state index contributed by atoms with van der Waals surface area (Å²) in [7, 11) is 0. The Morgan fingerprint density at radius 1 is 1.37 bits per heavy atom. The van der Waals surface area contributed by atoms with Gasteiger partial charge >= 0.3 is 5.97 Å². The van der Waals surface area contributed by atoms with Crippen molar-refractivity contribution in [1.29, 1.82) is 0 Å². The highest BCUT2D eigenvalue weighted by Gasteiger charge is 2.38. The molecule has 0 spiro atoms. The van der Waals surface area contributed by atoms with Gasteiger partial charge in [0.1, 0.15) is 6.04 Å². The van der Waals surface area contributed by atoms with Gasteiger partial charge in [-0.3, -0.25) is 14.4 Å². The number of hydrogen-bond donors (Lipinski definition) is 2. The number of nitrogens with zero attached hydrogens (tertiary/aromatic N) is 1. The van der Waals surface area contributed by atoms with Crippen molar-refractivity contribution >= 4 is 17.8 Å². The van der Waals surface area contributed by atoms with Crippen LogP contribution in [0, 0.1) is 5.41 Å². The number of amides is 2. The SMILES string of the molecule is CC(C)(C)C(=O)N1CCCC1C(=O)NOCC(=O)O. The first-order chi connectivity index (χ1) is 8.73. The molecule has 0 aromatic carbocycles. The Labute approximate surface area is 111 Å². The molecular weight excluding hydrogens is 252 g/mol. The van der Waals surface area contributed by atoms with Gasteiger partial charge in [-0.05, 0) is 12.8 Å². The molecule has 7 nitrogen and oxygen atoms in total. The number of hydrogen-bond acceptors (Lipinski definition) is 4. The van der Waals surface area contributed by atoms with Crippen LogP contribution in [0.5, 0.6) is 0 Å². The van der Waals surface area contributed by atoms with Gasteiger partial charge in [0.25, 0.3) is 5.91 Å². The molecule has 0 radical (unpaired) electrons. The fourth-order valence-corrected chi connectivity index (χ4v) is 1.95. The number of carbonyl (C=O) groups is 3. The Hall–Kier alpha value is -1.63. The van der Waals surface area contributed by atoms with Crippen molar-refractivity contribution in [2.75, 3.05) is 13.2 Å². The number of hydroxylamine groups is 1. The standard InChI is InChI=1S/C12H20N2O5/c1-12(2,3)11(18)14-6-4-5-8(14)10(17)13-19-7-9(15)16/h8H,4-7H2,1-3H3,(H,13,17)(H,15,16). The molecule has 1 heterocycles. The quantitative estimate of drug-likeness (QED) is 0.710. The summed E-state index contributed by atoms with van der Waals surface area (Å²) in [5.41, 5.74) is 1.53. The lowest BCUT2D eigenvalue weighted by molar-refractivity contribution is -0.154. The summed E-state index contributed by atoms with van der Waals surface area (Å²) >= 11 is 0. The highest BCUT2D eigenvalue weighted by Crippen LogP contribution is 2.25. The molecule has 1 fully saturated rings. The van der Waals surface area contributed by atoms with Crippen molar-refractivity contribution < 1.29 is 24.3 Å². The summed E-state index contributed by atoms with van der Waals surface area (Å²) in [5, 5.41) is 8.40. The first-order valence-electron chi connectivity index (χ1n) is 6.18. The van der Waals surface area contributed by atoms with E-state index in [-0.39, 0.29) is 5.91 Å². The van der Waals surface area contributed by atoms with Crippen molar-refractivity contribution in [2.24, 2.45) is 5.41 Å². The predicted molar refractivity (Wildman–Crippen MR) is 65.9 cm³/mol. The van der Waals surface area contributed by atoms with Crippen LogP contribution in [-0.2, 0) is 19.2 Å². The molecule has 2 N–H and O–H groups in total. The average molecular weight is 272 g/mol. The number of carbonyl (C=O) groups excluding carboxylic acids is 2. The highest BCUT2D eigenvalue weighted by molar-refractivity contribution is 5.89. The van der Waals surface area contributed by atoms with Crippen molar-refractivity contribution in [3.8, 4) is 0 Å². The lowest BCUT2D eigenvalue weighted by Crippen LogP contribution is -2.49. The summed E-state index contributed by atoms with van der Waals surface area (Å²) in [6, 6.07) is -0.583. The van der Waals surface area contributed by atoms with Crippen LogP contribution in [0.4, 0.5) is 0 Å². The smallest absolute Gasteiger partial charge is 0.332 e. The van der Waals surface area contributed by atoms with Gasteiger partial charge in [0.05, 0.1) is 0 Å². The molecule has 7 heteroatoms. The van der Waals surface area contributed by atoms with Crippen molar-refractivity contribution in [1.82, 2.24) is 10.4 Å².